The monoisotopic (exact) mass is 269 g/mol. The maximum Gasteiger partial charge on any atom is 0.329 e. The van der Waals surface area contributed by atoms with Gasteiger partial charge in [-0.25, -0.2) is 4.79 Å². The molecular formula is C12H15NO6. The summed E-state index contributed by atoms with van der Waals surface area (Å²) in [7, 11) is 0. The van der Waals surface area contributed by atoms with Gasteiger partial charge in [0.2, 0.25) is 0 Å². The highest BCUT2D eigenvalue weighted by Gasteiger charge is 2.29. The van der Waals surface area contributed by atoms with Gasteiger partial charge in [0.15, 0.2) is 5.76 Å². The lowest BCUT2D eigenvalue weighted by Crippen LogP contribution is -2.50. The van der Waals surface area contributed by atoms with Crippen LogP contribution in [0.5, 0.6) is 0 Å². The summed E-state index contributed by atoms with van der Waals surface area (Å²) in [4.78, 5) is 22.3. The number of rotatable bonds is 5. The molecule has 1 fully saturated rings. The number of carboxylic acid groups (broad SMARTS) is 1. The molecule has 1 aliphatic heterocycles. The first-order chi connectivity index (χ1) is 9.16. The molecular weight excluding hydrogens is 254 g/mol. The van der Waals surface area contributed by atoms with E-state index in [-0.39, 0.29) is 30.4 Å². The molecule has 2 atom stereocenters. The summed E-state index contributed by atoms with van der Waals surface area (Å²) in [5.41, 5.74) is 0. The Morgan fingerprint density at radius 2 is 2.37 bits per heavy atom. The van der Waals surface area contributed by atoms with Crippen LogP contribution in [-0.4, -0.2) is 48.9 Å². The van der Waals surface area contributed by atoms with Gasteiger partial charge < -0.3 is 24.3 Å². The van der Waals surface area contributed by atoms with E-state index in [1.807, 2.05) is 0 Å². The molecule has 0 aromatic carbocycles. The van der Waals surface area contributed by atoms with Crippen molar-refractivity contribution < 1.29 is 28.6 Å². The Morgan fingerprint density at radius 3 is 3.05 bits per heavy atom. The van der Waals surface area contributed by atoms with Crippen molar-refractivity contribution in [1.29, 1.82) is 0 Å². The first-order valence-corrected chi connectivity index (χ1v) is 5.92. The zero-order chi connectivity index (χ0) is 13.7. The van der Waals surface area contributed by atoms with Gasteiger partial charge in [-0.2, -0.15) is 0 Å². The number of nitrogens with one attached hydrogen (secondary N) is 1. The van der Waals surface area contributed by atoms with Gasteiger partial charge in [0.05, 0.1) is 25.0 Å². The van der Waals surface area contributed by atoms with Crippen molar-refractivity contribution in [2.75, 3.05) is 19.8 Å². The second-order valence-electron chi connectivity index (χ2n) is 4.16. The molecule has 104 valence electrons. The summed E-state index contributed by atoms with van der Waals surface area (Å²) >= 11 is 0. The smallest absolute Gasteiger partial charge is 0.329 e. The van der Waals surface area contributed by atoms with E-state index in [1.54, 1.807) is 12.1 Å². The highest BCUT2D eigenvalue weighted by atomic mass is 16.5. The minimum absolute atomic E-state index is 0.197. The molecule has 0 saturated carbocycles. The third-order valence-corrected chi connectivity index (χ3v) is 2.78. The fourth-order valence-corrected chi connectivity index (χ4v) is 1.88. The minimum Gasteiger partial charge on any atom is -0.480 e. The van der Waals surface area contributed by atoms with E-state index >= 15 is 0 Å². The molecule has 1 aliphatic rings. The van der Waals surface area contributed by atoms with Crippen LogP contribution in [0.3, 0.4) is 0 Å². The van der Waals surface area contributed by atoms with Crippen LogP contribution in [-0.2, 0) is 14.3 Å². The summed E-state index contributed by atoms with van der Waals surface area (Å²) in [6.45, 7) is 0.381. The number of aliphatic carboxylic acids is 1. The van der Waals surface area contributed by atoms with Gasteiger partial charge in [-0.05, 0) is 18.6 Å². The molecule has 7 heteroatoms. The molecule has 1 amide bonds. The van der Waals surface area contributed by atoms with Crippen LogP contribution >= 0.6 is 0 Å². The predicted molar refractivity (Wildman–Crippen MR) is 62.8 cm³/mol. The molecule has 0 unspecified atom stereocenters. The van der Waals surface area contributed by atoms with Gasteiger partial charge in [-0.15, -0.1) is 0 Å². The second kappa shape index (κ2) is 6.35. The largest absolute Gasteiger partial charge is 0.480 e. The zero-order valence-electron chi connectivity index (χ0n) is 10.2. The van der Waals surface area contributed by atoms with E-state index in [4.69, 9.17) is 19.0 Å². The second-order valence-corrected chi connectivity index (χ2v) is 4.16. The van der Waals surface area contributed by atoms with Gasteiger partial charge in [0.25, 0.3) is 5.91 Å². The van der Waals surface area contributed by atoms with Crippen LogP contribution in [0, 0.1) is 0 Å². The highest BCUT2D eigenvalue weighted by molar-refractivity contribution is 5.91. The molecule has 2 rings (SSSR count). The average Bonchev–Trinajstić information content (AvgIpc) is 2.91. The third-order valence-electron chi connectivity index (χ3n) is 2.78. The van der Waals surface area contributed by atoms with Crippen molar-refractivity contribution in [2.45, 2.75) is 18.6 Å². The lowest BCUT2D eigenvalue weighted by Gasteiger charge is -2.31. The fourth-order valence-electron chi connectivity index (χ4n) is 1.88. The maximum atomic E-state index is 11.8. The number of carbonyl (C=O) groups excluding carboxylic acids is 1. The number of hydrogen-bond donors (Lipinski definition) is 2. The molecule has 2 N–H and O–H groups in total. The number of ether oxygens (including phenoxy) is 2. The van der Waals surface area contributed by atoms with E-state index < -0.39 is 12.6 Å². The summed E-state index contributed by atoms with van der Waals surface area (Å²) in [6.07, 6.45) is 1.57. The van der Waals surface area contributed by atoms with Crippen LogP contribution in [0.25, 0.3) is 0 Å². The standard InChI is InChI=1S/C12H15NO6/c14-11(15)7-19-9-3-5-17-6-8(9)13-12(16)10-2-1-4-18-10/h1-2,4,8-9H,3,5-7H2,(H,13,16)(H,14,15)/t8-,9+/m0/s1. The lowest BCUT2D eigenvalue weighted by atomic mass is 10.1. The first-order valence-electron chi connectivity index (χ1n) is 5.92. The van der Waals surface area contributed by atoms with Crippen molar-refractivity contribution in [3.63, 3.8) is 0 Å². The van der Waals surface area contributed by atoms with Gasteiger partial charge >= 0.3 is 5.97 Å². The molecule has 0 aliphatic carbocycles. The maximum absolute atomic E-state index is 11.8. The Labute approximate surface area is 109 Å². The van der Waals surface area contributed by atoms with Crippen LogP contribution < -0.4 is 5.32 Å². The minimum atomic E-state index is -1.04. The number of furan rings is 1. The van der Waals surface area contributed by atoms with E-state index in [0.717, 1.165) is 0 Å². The molecule has 0 spiro atoms. The van der Waals surface area contributed by atoms with E-state index in [1.165, 1.54) is 6.26 Å². The molecule has 19 heavy (non-hydrogen) atoms. The summed E-state index contributed by atoms with van der Waals surface area (Å²) in [6, 6.07) is 2.78. The van der Waals surface area contributed by atoms with Crippen molar-refractivity contribution in [1.82, 2.24) is 5.32 Å². The molecule has 7 nitrogen and oxygen atoms in total. The molecule has 0 radical (unpaired) electrons. The Morgan fingerprint density at radius 1 is 1.53 bits per heavy atom. The van der Waals surface area contributed by atoms with E-state index in [9.17, 15) is 9.59 Å². The molecule has 1 saturated heterocycles. The fraction of sp³-hybridized carbons (Fsp3) is 0.500. The van der Waals surface area contributed by atoms with Crippen molar-refractivity contribution in [3.05, 3.63) is 24.2 Å². The average molecular weight is 269 g/mol. The summed E-state index contributed by atoms with van der Waals surface area (Å²) in [5.74, 6) is -1.21. The van der Waals surface area contributed by atoms with Gasteiger partial charge in [-0.3, -0.25) is 4.79 Å². The molecule has 2 heterocycles. The Bertz CT molecular complexity index is 429. The van der Waals surface area contributed by atoms with Gasteiger partial charge in [-0.1, -0.05) is 0 Å². The van der Waals surface area contributed by atoms with Crippen LogP contribution in [0.2, 0.25) is 0 Å². The van der Waals surface area contributed by atoms with Crippen LogP contribution in [0.4, 0.5) is 0 Å². The quantitative estimate of drug-likeness (QED) is 0.796. The number of hydrogen-bond acceptors (Lipinski definition) is 5. The van der Waals surface area contributed by atoms with Gasteiger partial charge in [0, 0.05) is 6.61 Å². The zero-order valence-corrected chi connectivity index (χ0v) is 10.2. The Hall–Kier alpha value is -1.86. The third kappa shape index (κ3) is 3.80. The normalized spacial score (nSPS) is 22.9. The molecule has 0 bridgehead atoms. The first kappa shape index (κ1) is 13.6. The highest BCUT2D eigenvalue weighted by Crippen LogP contribution is 2.13. The number of amides is 1. The van der Waals surface area contributed by atoms with Crippen LogP contribution in [0.15, 0.2) is 22.8 Å². The molecule has 1 aromatic heterocycles. The van der Waals surface area contributed by atoms with E-state index in [0.29, 0.717) is 13.0 Å². The SMILES string of the molecule is O=C(O)CO[C@@H]1CCOC[C@@H]1NC(=O)c1ccco1. The summed E-state index contributed by atoms with van der Waals surface area (Å²) < 4.78 is 15.5. The lowest BCUT2D eigenvalue weighted by molar-refractivity contribution is -0.147. The topological polar surface area (TPSA) is 98.0 Å². The number of carboxylic acids is 1. The molecule has 1 aromatic rings. The van der Waals surface area contributed by atoms with Crippen molar-refractivity contribution in [2.24, 2.45) is 0 Å². The van der Waals surface area contributed by atoms with Crippen LogP contribution in [0.1, 0.15) is 17.0 Å². The number of carbonyl (C=O) groups is 2. The van der Waals surface area contributed by atoms with Crippen molar-refractivity contribution in [3.8, 4) is 0 Å². The van der Waals surface area contributed by atoms with Gasteiger partial charge in [0.1, 0.15) is 6.61 Å². The van der Waals surface area contributed by atoms with E-state index in [2.05, 4.69) is 5.32 Å². The van der Waals surface area contributed by atoms with Crippen molar-refractivity contribution >= 4 is 11.9 Å². The predicted octanol–water partition coefficient (Wildman–Crippen LogP) is 0.268. The summed E-state index contributed by atoms with van der Waals surface area (Å²) in [5, 5.41) is 11.3. The Kier molecular flexibility index (Phi) is 4.53. The Balaban J connectivity index is 1.91.